The number of nitrogens with zero attached hydrogens (tertiary/aromatic N) is 3. The van der Waals surface area contributed by atoms with Crippen LogP contribution >= 0.6 is 0 Å². The van der Waals surface area contributed by atoms with Gasteiger partial charge in [-0.15, -0.1) is 0 Å². The molecule has 0 fully saturated rings. The molecule has 0 aliphatic rings. The van der Waals surface area contributed by atoms with Crippen LogP contribution in [0.3, 0.4) is 0 Å². The van der Waals surface area contributed by atoms with Gasteiger partial charge >= 0.3 is 5.97 Å². The second-order valence-electron chi connectivity index (χ2n) is 4.49. The lowest BCUT2D eigenvalue weighted by molar-refractivity contribution is 0.0527. The topological polar surface area (TPSA) is 66.2 Å². The van der Waals surface area contributed by atoms with Crippen molar-refractivity contribution < 1.29 is 9.53 Å². The van der Waals surface area contributed by atoms with Crippen LogP contribution in [-0.4, -0.2) is 24.1 Å². The summed E-state index contributed by atoms with van der Waals surface area (Å²) in [4.78, 5) is 18.3. The molecule has 0 radical (unpaired) electrons. The zero-order valence-corrected chi connectivity index (χ0v) is 12.4. The van der Waals surface area contributed by atoms with Crippen molar-refractivity contribution in [1.82, 2.24) is 4.98 Å². The van der Waals surface area contributed by atoms with Crippen molar-refractivity contribution >= 4 is 17.5 Å². The Morgan fingerprint density at radius 2 is 2.05 bits per heavy atom. The van der Waals surface area contributed by atoms with Crippen molar-refractivity contribution in [2.45, 2.75) is 13.3 Å². The first kappa shape index (κ1) is 15.5. The van der Waals surface area contributed by atoms with Crippen LogP contribution in [0.2, 0.25) is 0 Å². The lowest BCUT2D eigenvalue weighted by Crippen LogP contribution is -2.22. The van der Waals surface area contributed by atoms with E-state index < -0.39 is 5.97 Å². The largest absolute Gasteiger partial charge is 0.462 e. The van der Waals surface area contributed by atoms with Gasteiger partial charge in [0.15, 0.2) is 0 Å². The molecule has 0 amide bonds. The highest BCUT2D eigenvalue weighted by Crippen LogP contribution is 2.27. The first-order valence-electron chi connectivity index (χ1n) is 7.09. The average molecular weight is 295 g/mol. The third-order valence-electron chi connectivity index (χ3n) is 3.05. The van der Waals surface area contributed by atoms with Crippen LogP contribution in [0.25, 0.3) is 0 Å². The van der Waals surface area contributed by atoms with E-state index in [9.17, 15) is 4.79 Å². The van der Waals surface area contributed by atoms with Gasteiger partial charge in [0.2, 0.25) is 0 Å². The Morgan fingerprint density at radius 3 is 2.73 bits per heavy atom. The number of nitriles is 1. The summed E-state index contributed by atoms with van der Waals surface area (Å²) >= 11 is 0. The molecule has 22 heavy (non-hydrogen) atoms. The number of ether oxygens (including phenoxy) is 1. The zero-order chi connectivity index (χ0) is 15.8. The number of hydrogen-bond donors (Lipinski definition) is 0. The van der Waals surface area contributed by atoms with E-state index in [0.717, 1.165) is 5.69 Å². The number of esters is 1. The van der Waals surface area contributed by atoms with Crippen molar-refractivity contribution in [1.29, 1.82) is 5.26 Å². The molecule has 0 aliphatic carbocycles. The van der Waals surface area contributed by atoms with Crippen molar-refractivity contribution in [2.75, 3.05) is 18.1 Å². The lowest BCUT2D eigenvalue weighted by Gasteiger charge is -2.24. The summed E-state index contributed by atoms with van der Waals surface area (Å²) in [6.45, 7) is 2.51. The Bertz CT molecular complexity index is 665. The van der Waals surface area contributed by atoms with E-state index in [1.54, 1.807) is 25.3 Å². The number of carbonyl (C=O) groups is 1. The molecule has 1 aromatic carbocycles. The standard InChI is InChI=1S/C17H17N3O2/c1-2-22-17(21)15-10-6-12-19-16(15)20(13-7-11-18)14-8-4-3-5-9-14/h3-6,8-10,12H,2,7,13H2,1H3. The summed E-state index contributed by atoms with van der Waals surface area (Å²) in [6, 6.07) is 15.1. The van der Waals surface area contributed by atoms with Gasteiger partial charge in [-0.1, -0.05) is 18.2 Å². The minimum atomic E-state index is -0.413. The first-order valence-corrected chi connectivity index (χ1v) is 7.09. The van der Waals surface area contributed by atoms with Crippen LogP contribution in [-0.2, 0) is 4.74 Å². The molecule has 0 N–H and O–H groups in total. The monoisotopic (exact) mass is 295 g/mol. The Balaban J connectivity index is 2.44. The van der Waals surface area contributed by atoms with Crippen LogP contribution in [0.5, 0.6) is 0 Å². The summed E-state index contributed by atoms with van der Waals surface area (Å²) in [5, 5.41) is 8.88. The van der Waals surface area contributed by atoms with Gasteiger partial charge in [0.1, 0.15) is 11.4 Å². The van der Waals surface area contributed by atoms with E-state index in [1.807, 2.05) is 35.2 Å². The van der Waals surface area contributed by atoms with Gasteiger partial charge in [0.05, 0.1) is 19.1 Å². The normalized spacial score (nSPS) is 9.82. The zero-order valence-electron chi connectivity index (χ0n) is 12.4. The van der Waals surface area contributed by atoms with Gasteiger partial charge in [-0.25, -0.2) is 9.78 Å². The van der Waals surface area contributed by atoms with E-state index in [2.05, 4.69) is 11.1 Å². The quantitative estimate of drug-likeness (QED) is 0.765. The van der Waals surface area contributed by atoms with Crippen LogP contribution < -0.4 is 4.90 Å². The van der Waals surface area contributed by atoms with E-state index in [0.29, 0.717) is 31.0 Å². The van der Waals surface area contributed by atoms with Gasteiger partial charge in [-0.3, -0.25) is 0 Å². The molecule has 0 bridgehead atoms. The summed E-state index contributed by atoms with van der Waals surface area (Å²) in [5.74, 6) is 0.0888. The van der Waals surface area contributed by atoms with Crippen LogP contribution in [0.15, 0.2) is 48.7 Å². The van der Waals surface area contributed by atoms with Gasteiger partial charge in [0.25, 0.3) is 0 Å². The van der Waals surface area contributed by atoms with Crippen LogP contribution in [0.1, 0.15) is 23.7 Å². The molecule has 112 valence electrons. The van der Waals surface area contributed by atoms with Crippen LogP contribution in [0.4, 0.5) is 11.5 Å². The molecule has 1 aromatic heterocycles. The fraction of sp³-hybridized carbons (Fsp3) is 0.235. The third kappa shape index (κ3) is 3.61. The second-order valence-corrected chi connectivity index (χ2v) is 4.49. The number of rotatable bonds is 6. The Morgan fingerprint density at radius 1 is 1.27 bits per heavy atom. The molecule has 0 aliphatic heterocycles. The highest BCUT2D eigenvalue weighted by molar-refractivity contribution is 5.95. The minimum absolute atomic E-state index is 0.302. The molecule has 1 heterocycles. The molecule has 0 saturated heterocycles. The van der Waals surface area contributed by atoms with E-state index in [4.69, 9.17) is 10.00 Å². The average Bonchev–Trinajstić information content (AvgIpc) is 2.57. The van der Waals surface area contributed by atoms with Crippen LogP contribution in [0, 0.1) is 11.3 Å². The van der Waals surface area contributed by atoms with Gasteiger partial charge in [-0.2, -0.15) is 5.26 Å². The molecule has 0 saturated carbocycles. The molecule has 0 unspecified atom stereocenters. The van der Waals surface area contributed by atoms with Crippen molar-refractivity contribution in [3.8, 4) is 6.07 Å². The van der Waals surface area contributed by atoms with E-state index in [1.165, 1.54) is 0 Å². The Kier molecular flexibility index (Phi) is 5.50. The maximum Gasteiger partial charge on any atom is 0.341 e. The molecule has 2 rings (SSSR count). The van der Waals surface area contributed by atoms with Gasteiger partial charge < -0.3 is 9.64 Å². The second kappa shape index (κ2) is 7.79. The number of benzene rings is 1. The number of para-hydroxylation sites is 1. The molecule has 0 atom stereocenters. The predicted molar refractivity (Wildman–Crippen MR) is 83.9 cm³/mol. The summed E-state index contributed by atoms with van der Waals surface area (Å²) in [5.41, 5.74) is 1.27. The smallest absolute Gasteiger partial charge is 0.341 e. The summed E-state index contributed by atoms with van der Waals surface area (Å²) in [6.07, 6.45) is 1.95. The van der Waals surface area contributed by atoms with Gasteiger partial charge in [-0.05, 0) is 31.2 Å². The molecular weight excluding hydrogens is 278 g/mol. The first-order chi connectivity index (χ1) is 10.8. The van der Waals surface area contributed by atoms with Crippen molar-refractivity contribution in [2.24, 2.45) is 0 Å². The summed E-state index contributed by atoms with van der Waals surface area (Å²) < 4.78 is 5.09. The molecule has 2 aromatic rings. The molecule has 0 spiro atoms. The maximum atomic E-state index is 12.1. The van der Waals surface area contributed by atoms with Crippen molar-refractivity contribution in [3.05, 3.63) is 54.2 Å². The molecular formula is C17H17N3O2. The van der Waals surface area contributed by atoms with Gasteiger partial charge in [0, 0.05) is 18.4 Å². The number of pyridine rings is 1. The molecule has 5 nitrogen and oxygen atoms in total. The SMILES string of the molecule is CCOC(=O)c1cccnc1N(CCC#N)c1ccccc1. The number of anilines is 2. The Hall–Kier alpha value is -2.87. The fourth-order valence-electron chi connectivity index (χ4n) is 2.11. The lowest BCUT2D eigenvalue weighted by atomic mass is 10.2. The highest BCUT2D eigenvalue weighted by Gasteiger charge is 2.19. The third-order valence-corrected chi connectivity index (χ3v) is 3.05. The van der Waals surface area contributed by atoms with Crippen molar-refractivity contribution in [3.63, 3.8) is 0 Å². The number of carbonyl (C=O) groups excluding carboxylic acids is 1. The predicted octanol–water partition coefficient (Wildman–Crippen LogP) is 3.31. The fourth-order valence-corrected chi connectivity index (χ4v) is 2.11. The minimum Gasteiger partial charge on any atom is -0.462 e. The Labute approximate surface area is 129 Å². The number of hydrogen-bond acceptors (Lipinski definition) is 5. The van der Waals surface area contributed by atoms with E-state index in [-0.39, 0.29) is 0 Å². The number of aromatic nitrogens is 1. The summed E-state index contributed by atoms with van der Waals surface area (Å²) in [7, 11) is 0. The molecule has 5 heteroatoms. The highest BCUT2D eigenvalue weighted by atomic mass is 16.5. The maximum absolute atomic E-state index is 12.1. The van der Waals surface area contributed by atoms with E-state index >= 15 is 0 Å².